The largest absolute Gasteiger partial charge is 0.481 e. The molecule has 1 aliphatic heterocycles. The Bertz CT molecular complexity index is 342. The van der Waals surface area contributed by atoms with E-state index >= 15 is 0 Å². The zero-order valence-corrected chi connectivity index (χ0v) is 13.4. The van der Waals surface area contributed by atoms with Crippen LogP contribution in [0.5, 0.6) is 0 Å². The maximum Gasteiger partial charge on any atom is 0.310 e. The summed E-state index contributed by atoms with van der Waals surface area (Å²) in [7, 11) is 0. The van der Waals surface area contributed by atoms with Crippen molar-refractivity contribution in [2.75, 3.05) is 13.1 Å². The summed E-state index contributed by atoms with van der Waals surface area (Å²) in [4.78, 5) is 14.2. The van der Waals surface area contributed by atoms with E-state index in [0.29, 0.717) is 6.04 Å². The minimum Gasteiger partial charge on any atom is -0.481 e. The topological polar surface area (TPSA) is 40.5 Å². The van der Waals surface area contributed by atoms with Crippen molar-refractivity contribution in [2.45, 2.75) is 71.8 Å². The molecule has 0 amide bonds. The van der Waals surface area contributed by atoms with Gasteiger partial charge in [0.15, 0.2) is 0 Å². The fourth-order valence-corrected chi connectivity index (χ4v) is 4.23. The fourth-order valence-electron chi connectivity index (χ4n) is 4.23. The second-order valence-corrected chi connectivity index (χ2v) is 7.34. The lowest BCUT2D eigenvalue weighted by Crippen LogP contribution is -2.52. The molecule has 1 heterocycles. The lowest BCUT2D eigenvalue weighted by molar-refractivity contribution is -0.154. The quantitative estimate of drug-likeness (QED) is 0.852. The molecule has 0 bridgehead atoms. The molecule has 2 aliphatic rings. The molecular weight excluding hydrogens is 250 g/mol. The van der Waals surface area contributed by atoms with Crippen LogP contribution in [0.3, 0.4) is 0 Å². The van der Waals surface area contributed by atoms with Crippen LogP contribution in [0.15, 0.2) is 0 Å². The Morgan fingerprint density at radius 1 is 1.35 bits per heavy atom. The highest BCUT2D eigenvalue weighted by atomic mass is 16.4. The van der Waals surface area contributed by atoms with Gasteiger partial charge in [-0.3, -0.25) is 9.69 Å². The van der Waals surface area contributed by atoms with Crippen LogP contribution in [0.25, 0.3) is 0 Å². The van der Waals surface area contributed by atoms with E-state index in [-0.39, 0.29) is 0 Å². The summed E-state index contributed by atoms with van der Waals surface area (Å²) in [6, 6.07) is 0.627. The molecule has 1 saturated heterocycles. The number of likely N-dealkylation sites (tertiary alicyclic amines) is 1. The molecular formula is C17H31NO2. The molecule has 20 heavy (non-hydrogen) atoms. The van der Waals surface area contributed by atoms with E-state index in [0.717, 1.165) is 44.2 Å². The number of piperidine rings is 1. The third kappa shape index (κ3) is 3.19. The van der Waals surface area contributed by atoms with Gasteiger partial charge in [0.05, 0.1) is 5.41 Å². The van der Waals surface area contributed by atoms with Crippen molar-refractivity contribution in [3.8, 4) is 0 Å². The molecule has 3 unspecified atom stereocenters. The van der Waals surface area contributed by atoms with Gasteiger partial charge in [-0.15, -0.1) is 0 Å². The monoisotopic (exact) mass is 281 g/mol. The van der Waals surface area contributed by atoms with Crippen LogP contribution in [-0.2, 0) is 4.79 Å². The van der Waals surface area contributed by atoms with Crippen molar-refractivity contribution in [1.29, 1.82) is 0 Å². The van der Waals surface area contributed by atoms with Gasteiger partial charge in [0, 0.05) is 12.6 Å². The average molecular weight is 281 g/mol. The highest BCUT2D eigenvalue weighted by Gasteiger charge is 2.43. The van der Waals surface area contributed by atoms with Crippen LogP contribution in [0.1, 0.15) is 65.7 Å². The number of hydrogen-bond donors (Lipinski definition) is 1. The highest BCUT2D eigenvalue weighted by Crippen LogP contribution is 2.38. The molecule has 3 heteroatoms. The zero-order chi connectivity index (χ0) is 14.8. The Balaban J connectivity index is 2.03. The first kappa shape index (κ1) is 15.8. The molecule has 1 aliphatic carbocycles. The maximum absolute atomic E-state index is 11.7. The summed E-state index contributed by atoms with van der Waals surface area (Å²) in [5, 5.41) is 9.62. The lowest BCUT2D eigenvalue weighted by Gasteiger charge is -2.46. The first-order valence-electron chi connectivity index (χ1n) is 8.46. The fraction of sp³-hybridized carbons (Fsp3) is 0.941. The predicted octanol–water partition coefficient (Wildman–Crippen LogP) is 3.78. The summed E-state index contributed by atoms with van der Waals surface area (Å²) in [5.74, 6) is 1.01. The van der Waals surface area contributed by atoms with E-state index in [2.05, 4.69) is 18.7 Å². The molecule has 3 nitrogen and oxygen atoms in total. The van der Waals surface area contributed by atoms with Crippen molar-refractivity contribution in [3.05, 3.63) is 0 Å². The Kier molecular flexibility index (Phi) is 5.11. The van der Waals surface area contributed by atoms with Crippen molar-refractivity contribution < 1.29 is 9.90 Å². The summed E-state index contributed by atoms with van der Waals surface area (Å²) in [6.45, 7) is 8.57. The Morgan fingerprint density at radius 2 is 2.10 bits per heavy atom. The zero-order valence-electron chi connectivity index (χ0n) is 13.4. The van der Waals surface area contributed by atoms with Crippen LogP contribution in [0.2, 0.25) is 0 Å². The van der Waals surface area contributed by atoms with Crippen LogP contribution in [-0.4, -0.2) is 35.1 Å². The summed E-state index contributed by atoms with van der Waals surface area (Å²) < 4.78 is 0. The van der Waals surface area contributed by atoms with Crippen molar-refractivity contribution in [3.63, 3.8) is 0 Å². The Labute approximate surface area is 123 Å². The van der Waals surface area contributed by atoms with Gasteiger partial charge in [0.1, 0.15) is 0 Å². The molecule has 1 N–H and O–H groups in total. The van der Waals surface area contributed by atoms with Gasteiger partial charge in [-0.25, -0.2) is 0 Å². The van der Waals surface area contributed by atoms with Crippen molar-refractivity contribution in [1.82, 2.24) is 4.90 Å². The number of rotatable bonds is 4. The molecule has 0 aromatic heterocycles. The smallest absolute Gasteiger partial charge is 0.310 e. The Hall–Kier alpha value is -0.570. The van der Waals surface area contributed by atoms with Gasteiger partial charge < -0.3 is 5.11 Å². The van der Waals surface area contributed by atoms with Crippen LogP contribution < -0.4 is 0 Å². The second-order valence-electron chi connectivity index (χ2n) is 7.34. The first-order chi connectivity index (χ1) is 9.48. The molecule has 0 spiro atoms. The minimum atomic E-state index is -0.582. The van der Waals surface area contributed by atoms with Gasteiger partial charge in [0.25, 0.3) is 0 Å². The molecule has 2 fully saturated rings. The van der Waals surface area contributed by atoms with E-state index in [9.17, 15) is 9.90 Å². The van der Waals surface area contributed by atoms with Crippen LogP contribution in [0, 0.1) is 17.3 Å². The SMILES string of the molecule is CCC1(C(=O)O)CCCN(C2CCCC(C(C)C)C2)C1. The molecule has 3 atom stereocenters. The predicted molar refractivity (Wildman–Crippen MR) is 81.8 cm³/mol. The van der Waals surface area contributed by atoms with E-state index in [1.165, 1.54) is 25.7 Å². The first-order valence-corrected chi connectivity index (χ1v) is 8.46. The number of carbonyl (C=O) groups is 1. The van der Waals surface area contributed by atoms with Gasteiger partial charge in [-0.05, 0) is 50.5 Å². The summed E-state index contributed by atoms with van der Waals surface area (Å²) in [5.41, 5.74) is -0.483. The maximum atomic E-state index is 11.7. The van der Waals surface area contributed by atoms with E-state index in [1.807, 2.05) is 6.92 Å². The number of nitrogens with zero attached hydrogens (tertiary/aromatic N) is 1. The standard InChI is InChI=1S/C17H31NO2/c1-4-17(16(19)20)9-6-10-18(12-17)15-8-5-7-14(11-15)13(2)3/h13-15H,4-12H2,1-3H3,(H,19,20). The molecule has 2 rings (SSSR count). The second kappa shape index (κ2) is 6.46. The molecule has 0 aromatic rings. The van der Waals surface area contributed by atoms with E-state index in [1.54, 1.807) is 0 Å². The molecule has 116 valence electrons. The van der Waals surface area contributed by atoms with Crippen LogP contribution in [0.4, 0.5) is 0 Å². The molecule has 0 radical (unpaired) electrons. The minimum absolute atomic E-state index is 0.483. The van der Waals surface area contributed by atoms with Gasteiger partial charge in [0.2, 0.25) is 0 Å². The van der Waals surface area contributed by atoms with Gasteiger partial charge in [-0.2, -0.15) is 0 Å². The number of aliphatic carboxylic acids is 1. The number of hydrogen-bond acceptors (Lipinski definition) is 2. The summed E-state index contributed by atoms with van der Waals surface area (Å²) >= 11 is 0. The van der Waals surface area contributed by atoms with E-state index < -0.39 is 11.4 Å². The number of carboxylic acid groups (broad SMARTS) is 1. The normalized spacial score (nSPS) is 36.2. The third-order valence-corrected chi connectivity index (χ3v) is 5.88. The van der Waals surface area contributed by atoms with Crippen molar-refractivity contribution >= 4 is 5.97 Å². The van der Waals surface area contributed by atoms with Gasteiger partial charge in [-0.1, -0.05) is 33.6 Å². The van der Waals surface area contributed by atoms with Gasteiger partial charge >= 0.3 is 5.97 Å². The average Bonchev–Trinajstić information content (AvgIpc) is 2.47. The van der Waals surface area contributed by atoms with E-state index in [4.69, 9.17) is 0 Å². The van der Waals surface area contributed by atoms with Crippen LogP contribution >= 0.6 is 0 Å². The summed E-state index contributed by atoms with van der Waals surface area (Å²) in [6.07, 6.45) is 7.88. The van der Waals surface area contributed by atoms with Crippen molar-refractivity contribution in [2.24, 2.45) is 17.3 Å². The Morgan fingerprint density at radius 3 is 2.70 bits per heavy atom. The molecule has 0 aromatic carbocycles. The molecule has 1 saturated carbocycles. The lowest BCUT2D eigenvalue weighted by atomic mass is 9.74. The number of carboxylic acids is 1. The third-order valence-electron chi connectivity index (χ3n) is 5.88. The highest BCUT2D eigenvalue weighted by molar-refractivity contribution is 5.75.